The van der Waals surface area contributed by atoms with E-state index >= 15 is 0 Å². The predicted molar refractivity (Wildman–Crippen MR) is 104 cm³/mol. The minimum absolute atomic E-state index is 0.0305. The van der Waals surface area contributed by atoms with Gasteiger partial charge in [0.05, 0.1) is 12.2 Å². The Hall–Kier alpha value is -2.86. The summed E-state index contributed by atoms with van der Waals surface area (Å²) < 4.78 is 8.48. The van der Waals surface area contributed by atoms with Crippen molar-refractivity contribution in [3.05, 3.63) is 77.2 Å². The second-order valence-electron chi connectivity index (χ2n) is 5.92. The molecule has 0 radical (unpaired) electrons. The van der Waals surface area contributed by atoms with Crippen molar-refractivity contribution in [1.29, 1.82) is 0 Å². The molecular weight excluding hydrogens is 394 g/mol. The number of carbonyl (C=O) groups is 1. The number of aromatic nitrogens is 2. The van der Waals surface area contributed by atoms with Crippen LogP contribution in [0, 0.1) is 0 Å². The number of imidazole rings is 1. The first kappa shape index (κ1) is 16.6. The third-order valence-electron chi connectivity index (χ3n) is 4.02. The van der Waals surface area contributed by atoms with Gasteiger partial charge in [-0.1, -0.05) is 30.3 Å². The fraction of sp³-hybridized carbons (Fsp3) is 0.100. The summed E-state index contributed by atoms with van der Waals surface area (Å²) in [4.78, 5) is 16.5. The maximum atomic E-state index is 12.0. The molecule has 4 rings (SSSR count). The van der Waals surface area contributed by atoms with Gasteiger partial charge in [0.15, 0.2) is 6.61 Å². The number of rotatable bonds is 5. The highest BCUT2D eigenvalue weighted by Gasteiger charge is 2.06. The van der Waals surface area contributed by atoms with Crippen LogP contribution >= 0.6 is 15.9 Å². The van der Waals surface area contributed by atoms with E-state index in [0.29, 0.717) is 12.3 Å². The number of hydrogen-bond acceptors (Lipinski definition) is 3. The predicted octanol–water partition coefficient (Wildman–Crippen LogP) is 3.95. The van der Waals surface area contributed by atoms with Gasteiger partial charge in [0, 0.05) is 16.9 Å². The summed E-state index contributed by atoms with van der Waals surface area (Å²) >= 11 is 3.43. The zero-order valence-corrected chi connectivity index (χ0v) is 15.4. The summed E-state index contributed by atoms with van der Waals surface area (Å²) in [7, 11) is 0. The van der Waals surface area contributed by atoms with E-state index in [9.17, 15) is 4.79 Å². The van der Waals surface area contributed by atoms with Crippen molar-refractivity contribution in [1.82, 2.24) is 14.7 Å². The number of benzene rings is 2. The second kappa shape index (κ2) is 7.17. The third-order valence-corrected chi connectivity index (χ3v) is 4.49. The van der Waals surface area contributed by atoms with E-state index in [1.807, 2.05) is 71.4 Å². The van der Waals surface area contributed by atoms with E-state index in [2.05, 4.69) is 26.2 Å². The molecule has 0 saturated carbocycles. The zero-order chi connectivity index (χ0) is 17.9. The van der Waals surface area contributed by atoms with E-state index < -0.39 is 0 Å². The molecule has 0 aliphatic rings. The number of amides is 1. The van der Waals surface area contributed by atoms with Gasteiger partial charge in [-0.2, -0.15) is 0 Å². The molecule has 0 atom stereocenters. The highest BCUT2D eigenvalue weighted by atomic mass is 79.9. The van der Waals surface area contributed by atoms with Crippen LogP contribution in [0.25, 0.3) is 16.4 Å². The fourth-order valence-corrected chi connectivity index (χ4v) is 3.10. The van der Waals surface area contributed by atoms with Crippen molar-refractivity contribution in [3.63, 3.8) is 0 Å². The topological polar surface area (TPSA) is 55.6 Å². The fourth-order valence-electron chi connectivity index (χ4n) is 2.75. The number of nitrogens with one attached hydrogen (secondary N) is 1. The number of ether oxygens (including phenoxy) is 1. The van der Waals surface area contributed by atoms with Crippen LogP contribution in [0.3, 0.4) is 0 Å². The van der Waals surface area contributed by atoms with Crippen LogP contribution in [0.1, 0.15) is 5.69 Å². The molecule has 0 aliphatic carbocycles. The first-order chi connectivity index (χ1) is 12.7. The minimum atomic E-state index is -0.184. The lowest BCUT2D eigenvalue weighted by Crippen LogP contribution is -2.28. The normalized spacial score (nSPS) is 11.0. The lowest BCUT2D eigenvalue weighted by atomic mass is 10.1. The Morgan fingerprint density at radius 1 is 1.08 bits per heavy atom. The molecule has 4 aromatic rings. The summed E-state index contributed by atoms with van der Waals surface area (Å²) in [6, 6.07) is 17.7. The molecule has 6 heteroatoms. The smallest absolute Gasteiger partial charge is 0.258 e. The molecular formula is C20H16BrN3O2. The minimum Gasteiger partial charge on any atom is -0.484 e. The van der Waals surface area contributed by atoms with Gasteiger partial charge in [0.2, 0.25) is 0 Å². The number of halogens is 1. The van der Waals surface area contributed by atoms with Gasteiger partial charge in [0.25, 0.3) is 5.91 Å². The van der Waals surface area contributed by atoms with Crippen LogP contribution in [0.5, 0.6) is 5.75 Å². The maximum absolute atomic E-state index is 12.0. The lowest BCUT2D eigenvalue weighted by molar-refractivity contribution is -0.123. The summed E-state index contributed by atoms with van der Waals surface area (Å²) in [6.07, 6.45) is 3.82. The number of nitrogens with zero attached hydrogens (tertiary/aromatic N) is 2. The number of fused-ring (bicyclic) bond motifs is 2. The molecule has 130 valence electrons. The molecule has 0 saturated heterocycles. The molecule has 1 N–H and O–H groups in total. The Bertz CT molecular complexity index is 1090. The molecule has 26 heavy (non-hydrogen) atoms. The van der Waals surface area contributed by atoms with E-state index in [1.165, 1.54) is 0 Å². The standard InChI is InChI=1S/C20H16BrN3O2/c21-16-6-8-19-23-17(12-24(19)11-16)10-22-20(25)13-26-18-7-5-14-3-1-2-4-15(14)9-18/h1-9,11-12H,10,13H2,(H,22,25). The molecule has 0 spiro atoms. The first-order valence-corrected chi connectivity index (χ1v) is 8.98. The molecule has 2 aromatic heterocycles. The monoisotopic (exact) mass is 409 g/mol. The van der Waals surface area contributed by atoms with Gasteiger partial charge in [-0.25, -0.2) is 4.98 Å². The Morgan fingerprint density at radius 3 is 2.81 bits per heavy atom. The molecule has 2 heterocycles. The largest absolute Gasteiger partial charge is 0.484 e. The van der Waals surface area contributed by atoms with Crippen LogP contribution in [-0.2, 0) is 11.3 Å². The van der Waals surface area contributed by atoms with Gasteiger partial charge in [0.1, 0.15) is 11.4 Å². The van der Waals surface area contributed by atoms with E-state index in [-0.39, 0.29) is 12.5 Å². The van der Waals surface area contributed by atoms with Crippen molar-refractivity contribution in [2.45, 2.75) is 6.54 Å². The summed E-state index contributed by atoms with van der Waals surface area (Å²) in [5, 5.41) is 5.06. The summed E-state index contributed by atoms with van der Waals surface area (Å²) in [5.74, 6) is 0.493. The highest BCUT2D eigenvalue weighted by molar-refractivity contribution is 9.10. The average molecular weight is 410 g/mol. The SMILES string of the molecule is O=C(COc1ccc2ccccc2c1)NCc1cn2cc(Br)ccc2n1. The summed E-state index contributed by atoms with van der Waals surface area (Å²) in [6.45, 7) is 0.330. The molecule has 5 nitrogen and oxygen atoms in total. The third kappa shape index (κ3) is 3.70. The van der Waals surface area contributed by atoms with Crippen LogP contribution in [-0.4, -0.2) is 21.9 Å². The zero-order valence-electron chi connectivity index (χ0n) is 13.9. The molecule has 0 aliphatic heterocycles. The van der Waals surface area contributed by atoms with Gasteiger partial charge >= 0.3 is 0 Å². The van der Waals surface area contributed by atoms with Crippen molar-refractivity contribution in [3.8, 4) is 5.75 Å². The Morgan fingerprint density at radius 2 is 1.92 bits per heavy atom. The van der Waals surface area contributed by atoms with Crippen molar-refractivity contribution >= 4 is 38.3 Å². The van der Waals surface area contributed by atoms with Crippen LogP contribution in [0.2, 0.25) is 0 Å². The van der Waals surface area contributed by atoms with Crippen molar-refractivity contribution in [2.24, 2.45) is 0 Å². The van der Waals surface area contributed by atoms with Crippen LogP contribution in [0.4, 0.5) is 0 Å². The van der Waals surface area contributed by atoms with E-state index in [4.69, 9.17) is 4.74 Å². The van der Waals surface area contributed by atoms with Gasteiger partial charge < -0.3 is 14.5 Å². The Balaban J connectivity index is 1.34. The maximum Gasteiger partial charge on any atom is 0.258 e. The molecule has 2 aromatic carbocycles. The van der Waals surface area contributed by atoms with Crippen LogP contribution in [0.15, 0.2) is 71.5 Å². The van der Waals surface area contributed by atoms with Crippen molar-refractivity contribution in [2.75, 3.05) is 6.61 Å². The van der Waals surface area contributed by atoms with Gasteiger partial charge in [-0.05, 0) is 51.0 Å². The Labute approximate surface area is 158 Å². The average Bonchev–Trinajstić information content (AvgIpc) is 3.06. The van der Waals surface area contributed by atoms with Gasteiger partial charge in [-0.15, -0.1) is 0 Å². The quantitative estimate of drug-likeness (QED) is 0.542. The lowest BCUT2D eigenvalue weighted by Gasteiger charge is -2.07. The van der Waals surface area contributed by atoms with Crippen molar-refractivity contribution < 1.29 is 9.53 Å². The molecule has 0 fully saturated rings. The van der Waals surface area contributed by atoms with E-state index in [0.717, 1.165) is 26.6 Å². The van der Waals surface area contributed by atoms with Crippen LogP contribution < -0.4 is 10.1 Å². The summed E-state index contributed by atoms with van der Waals surface area (Å²) in [5.41, 5.74) is 1.63. The number of hydrogen-bond donors (Lipinski definition) is 1. The molecule has 0 unspecified atom stereocenters. The van der Waals surface area contributed by atoms with E-state index in [1.54, 1.807) is 0 Å². The molecule has 0 bridgehead atoms. The number of carbonyl (C=O) groups excluding carboxylic acids is 1. The van der Waals surface area contributed by atoms with Gasteiger partial charge in [-0.3, -0.25) is 4.79 Å². The second-order valence-corrected chi connectivity index (χ2v) is 6.84. The first-order valence-electron chi connectivity index (χ1n) is 8.19. The Kier molecular flexibility index (Phi) is 4.58. The molecule has 1 amide bonds. The highest BCUT2D eigenvalue weighted by Crippen LogP contribution is 2.20. The number of pyridine rings is 1.